The summed E-state index contributed by atoms with van der Waals surface area (Å²) in [5.41, 5.74) is 1.69. The first-order chi connectivity index (χ1) is 11.9. The van der Waals surface area contributed by atoms with Crippen molar-refractivity contribution in [2.75, 3.05) is 16.8 Å². The fourth-order valence-electron chi connectivity index (χ4n) is 2.71. The number of carbonyl (C=O) groups is 1. The van der Waals surface area contributed by atoms with E-state index in [0.29, 0.717) is 23.7 Å². The Balaban J connectivity index is 1.61. The topological polar surface area (TPSA) is 85.4 Å². The van der Waals surface area contributed by atoms with Crippen LogP contribution in [0.2, 0.25) is 0 Å². The molecule has 1 aromatic heterocycles. The van der Waals surface area contributed by atoms with Gasteiger partial charge in [-0.2, -0.15) is 0 Å². The number of hydrogen-bond donors (Lipinski definition) is 1. The lowest BCUT2D eigenvalue weighted by atomic mass is 10.1. The summed E-state index contributed by atoms with van der Waals surface area (Å²) in [6.07, 6.45) is 2.80. The molecule has 0 radical (unpaired) electrons. The van der Waals surface area contributed by atoms with E-state index in [4.69, 9.17) is 4.74 Å². The molecule has 1 fully saturated rings. The number of anilines is 1. The average molecular weight is 360 g/mol. The Morgan fingerprint density at radius 1 is 1.32 bits per heavy atom. The smallest absolute Gasteiger partial charge is 0.228 e. The third-order valence-corrected chi connectivity index (χ3v) is 5.90. The minimum atomic E-state index is -3.08. The third kappa shape index (κ3) is 4.57. The number of aryl methyl sites for hydroxylation is 1. The fourth-order valence-corrected chi connectivity index (χ4v) is 4.45. The van der Waals surface area contributed by atoms with Gasteiger partial charge < -0.3 is 10.1 Å². The number of hydrogen-bond acceptors (Lipinski definition) is 5. The van der Waals surface area contributed by atoms with Crippen LogP contribution in [-0.4, -0.2) is 30.8 Å². The van der Waals surface area contributed by atoms with E-state index in [-0.39, 0.29) is 17.4 Å². The number of sulfone groups is 1. The Morgan fingerprint density at radius 3 is 2.80 bits per heavy atom. The summed E-state index contributed by atoms with van der Waals surface area (Å²) in [5, 5.41) is 2.71. The molecule has 1 amide bonds. The molecule has 0 bridgehead atoms. The van der Waals surface area contributed by atoms with Crippen LogP contribution in [0, 0.1) is 5.92 Å². The van der Waals surface area contributed by atoms with E-state index in [1.807, 2.05) is 24.3 Å². The van der Waals surface area contributed by atoms with Crippen molar-refractivity contribution in [1.82, 2.24) is 4.98 Å². The van der Waals surface area contributed by atoms with Gasteiger partial charge in [0.25, 0.3) is 0 Å². The molecule has 2 aromatic rings. The van der Waals surface area contributed by atoms with E-state index in [1.165, 1.54) is 11.8 Å². The molecule has 2 heterocycles. The molecule has 1 saturated heterocycles. The maximum atomic E-state index is 12.1. The summed E-state index contributed by atoms with van der Waals surface area (Å²) in [7, 11) is -3.08. The van der Waals surface area contributed by atoms with Crippen LogP contribution in [0.25, 0.3) is 0 Å². The molecule has 0 spiro atoms. The minimum Gasteiger partial charge on any atom is -0.439 e. The highest BCUT2D eigenvalue weighted by molar-refractivity contribution is 7.91. The zero-order valence-electron chi connectivity index (χ0n) is 13.9. The predicted octanol–water partition coefficient (Wildman–Crippen LogP) is 2.81. The Hall–Kier alpha value is -2.41. The Bertz CT molecular complexity index is 863. The van der Waals surface area contributed by atoms with E-state index in [9.17, 15) is 13.2 Å². The van der Waals surface area contributed by atoms with Crippen LogP contribution >= 0.6 is 0 Å². The lowest BCUT2D eigenvalue weighted by Crippen LogP contribution is -2.23. The SMILES string of the molecule is CCc1cccc(Oc2ccc(NC(=O)C3CCS(=O)(=O)C3)cn2)c1. The maximum absolute atomic E-state index is 12.1. The number of nitrogens with zero attached hydrogens (tertiary/aromatic N) is 1. The van der Waals surface area contributed by atoms with Crippen LogP contribution in [0.1, 0.15) is 18.9 Å². The van der Waals surface area contributed by atoms with E-state index in [1.54, 1.807) is 12.1 Å². The molecule has 1 N–H and O–H groups in total. The van der Waals surface area contributed by atoms with Gasteiger partial charge in [0.1, 0.15) is 5.75 Å². The number of amides is 1. The lowest BCUT2D eigenvalue weighted by molar-refractivity contribution is -0.119. The summed E-state index contributed by atoms with van der Waals surface area (Å²) in [6.45, 7) is 2.07. The Kier molecular flexibility index (Phi) is 5.03. The van der Waals surface area contributed by atoms with Crippen LogP contribution in [0.15, 0.2) is 42.6 Å². The number of pyridine rings is 1. The predicted molar refractivity (Wildman–Crippen MR) is 95.5 cm³/mol. The number of ether oxygens (including phenoxy) is 1. The summed E-state index contributed by atoms with van der Waals surface area (Å²) in [6, 6.07) is 11.1. The molecule has 1 aromatic carbocycles. The fraction of sp³-hybridized carbons (Fsp3) is 0.333. The normalized spacial score (nSPS) is 18.7. The molecule has 1 aliphatic heterocycles. The van der Waals surface area contributed by atoms with Crippen LogP contribution in [0.4, 0.5) is 5.69 Å². The molecule has 7 heteroatoms. The second-order valence-electron chi connectivity index (χ2n) is 6.08. The van der Waals surface area contributed by atoms with Crippen molar-refractivity contribution >= 4 is 21.4 Å². The molecule has 1 aliphatic rings. The van der Waals surface area contributed by atoms with Gasteiger partial charge in [-0.1, -0.05) is 19.1 Å². The second-order valence-corrected chi connectivity index (χ2v) is 8.31. The average Bonchev–Trinajstić information content (AvgIpc) is 2.97. The quantitative estimate of drug-likeness (QED) is 0.886. The molecule has 25 heavy (non-hydrogen) atoms. The van der Waals surface area contributed by atoms with Gasteiger partial charge >= 0.3 is 0 Å². The van der Waals surface area contributed by atoms with E-state index >= 15 is 0 Å². The molecule has 0 aliphatic carbocycles. The van der Waals surface area contributed by atoms with Crippen molar-refractivity contribution in [2.45, 2.75) is 19.8 Å². The van der Waals surface area contributed by atoms with Crippen LogP contribution in [0.5, 0.6) is 11.6 Å². The standard InChI is InChI=1S/C18H20N2O4S/c1-2-13-4-3-5-16(10-13)24-17-7-6-15(11-19-17)20-18(21)14-8-9-25(22,23)12-14/h3-7,10-11,14H,2,8-9,12H2,1H3,(H,20,21). The van der Waals surface area contributed by atoms with Gasteiger partial charge in [-0.3, -0.25) is 4.79 Å². The van der Waals surface area contributed by atoms with Gasteiger partial charge in [0.05, 0.1) is 29.3 Å². The van der Waals surface area contributed by atoms with Crippen molar-refractivity contribution in [3.05, 3.63) is 48.2 Å². The molecular weight excluding hydrogens is 340 g/mol. The second kappa shape index (κ2) is 7.23. The molecule has 1 atom stereocenters. The lowest BCUT2D eigenvalue weighted by Gasteiger charge is -2.10. The highest BCUT2D eigenvalue weighted by atomic mass is 32.2. The molecular formula is C18H20N2O4S. The van der Waals surface area contributed by atoms with Gasteiger partial charge in [0.2, 0.25) is 11.8 Å². The molecule has 132 valence electrons. The monoisotopic (exact) mass is 360 g/mol. The zero-order valence-corrected chi connectivity index (χ0v) is 14.8. The third-order valence-electron chi connectivity index (χ3n) is 4.14. The summed E-state index contributed by atoms with van der Waals surface area (Å²) in [5.74, 6) is 0.355. The molecule has 6 nitrogen and oxygen atoms in total. The Morgan fingerprint density at radius 2 is 2.16 bits per heavy atom. The first kappa shape index (κ1) is 17.4. The number of nitrogens with one attached hydrogen (secondary N) is 1. The van der Waals surface area contributed by atoms with Crippen LogP contribution in [-0.2, 0) is 21.1 Å². The maximum Gasteiger partial charge on any atom is 0.228 e. The van der Waals surface area contributed by atoms with Crippen molar-refractivity contribution in [1.29, 1.82) is 0 Å². The largest absolute Gasteiger partial charge is 0.439 e. The Labute approximate surface area is 147 Å². The van der Waals surface area contributed by atoms with Crippen molar-refractivity contribution in [2.24, 2.45) is 5.92 Å². The van der Waals surface area contributed by atoms with E-state index in [0.717, 1.165) is 6.42 Å². The highest BCUT2D eigenvalue weighted by Gasteiger charge is 2.32. The van der Waals surface area contributed by atoms with Gasteiger partial charge in [-0.25, -0.2) is 13.4 Å². The minimum absolute atomic E-state index is 0.0763. The number of rotatable bonds is 5. The van der Waals surface area contributed by atoms with Crippen molar-refractivity contribution in [3.8, 4) is 11.6 Å². The van der Waals surface area contributed by atoms with Gasteiger partial charge in [0.15, 0.2) is 9.84 Å². The molecule has 3 rings (SSSR count). The number of carbonyl (C=O) groups excluding carboxylic acids is 1. The summed E-state index contributed by atoms with van der Waals surface area (Å²) < 4.78 is 28.6. The molecule has 0 saturated carbocycles. The van der Waals surface area contributed by atoms with Crippen molar-refractivity contribution < 1.29 is 17.9 Å². The zero-order chi connectivity index (χ0) is 17.9. The van der Waals surface area contributed by atoms with Gasteiger partial charge in [-0.05, 0) is 36.6 Å². The first-order valence-corrected chi connectivity index (χ1v) is 10.0. The van der Waals surface area contributed by atoms with Crippen LogP contribution < -0.4 is 10.1 Å². The highest BCUT2D eigenvalue weighted by Crippen LogP contribution is 2.23. The summed E-state index contributed by atoms with van der Waals surface area (Å²) >= 11 is 0. The van der Waals surface area contributed by atoms with Crippen LogP contribution in [0.3, 0.4) is 0 Å². The number of benzene rings is 1. The number of aromatic nitrogens is 1. The van der Waals surface area contributed by atoms with Gasteiger partial charge in [-0.15, -0.1) is 0 Å². The van der Waals surface area contributed by atoms with E-state index in [2.05, 4.69) is 17.2 Å². The molecule has 1 unspecified atom stereocenters. The van der Waals surface area contributed by atoms with Gasteiger partial charge in [0, 0.05) is 6.07 Å². The van der Waals surface area contributed by atoms with Crippen molar-refractivity contribution in [3.63, 3.8) is 0 Å². The summed E-state index contributed by atoms with van der Waals surface area (Å²) in [4.78, 5) is 16.3. The van der Waals surface area contributed by atoms with E-state index < -0.39 is 15.8 Å². The first-order valence-electron chi connectivity index (χ1n) is 8.19.